The number of nitrogens with zero attached hydrogens (tertiary/aromatic N) is 2. The summed E-state index contributed by atoms with van der Waals surface area (Å²) < 4.78 is 0. The number of hydrogen-bond donors (Lipinski definition) is 2. The molecule has 2 N–H and O–H groups in total. The van der Waals surface area contributed by atoms with Crippen molar-refractivity contribution < 1.29 is 0 Å². The maximum Gasteiger partial charge on any atom is 0.252 e. The van der Waals surface area contributed by atoms with Crippen molar-refractivity contribution in [1.82, 2.24) is 14.9 Å². The highest BCUT2D eigenvalue weighted by atomic mass is 16.1. The molecule has 1 aromatic heterocycles. The van der Waals surface area contributed by atoms with Gasteiger partial charge in [-0.2, -0.15) is 0 Å². The van der Waals surface area contributed by atoms with E-state index in [-0.39, 0.29) is 11.5 Å². The molecule has 1 unspecified atom stereocenters. The van der Waals surface area contributed by atoms with Gasteiger partial charge in [0.05, 0.1) is 0 Å². The van der Waals surface area contributed by atoms with Crippen molar-refractivity contribution in [3.05, 3.63) is 22.2 Å². The smallest absolute Gasteiger partial charge is 0.252 e. The van der Waals surface area contributed by atoms with Crippen LogP contribution in [0.1, 0.15) is 45.4 Å². The lowest BCUT2D eigenvalue weighted by Gasteiger charge is -2.32. The molecule has 2 rings (SSSR count). The second-order valence-electron chi connectivity index (χ2n) is 5.55. The third-order valence-corrected chi connectivity index (χ3v) is 3.61. The minimum absolute atomic E-state index is 0.0793. The lowest BCUT2D eigenvalue weighted by molar-refractivity contribution is 0.226. The second kappa shape index (κ2) is 6.19. The molecule has 1 aliphatic rings. The van der Waals surface area contributed by atoms with Gasteiger partial charge in [-0.3, -0.25) is 4.79 Å². The van der Waals surface area contributed by atoms with E-state index in [9.17, 15) is 4.79 Å². The van der Waals surface area contributed by atoms with Crippen molar-refractivity contribution in [2.75, 3.05) is 25.0 Å². The highest BCUT2D eigenvalue weighted by Crippen LogP contribution is 2.15. The summed E-state index contributed by atoms with van der Waals surface area (Å²) in [7, 11) is 0. The first-order valence-electron chi connectivity index (χ1n) is 7.18. The molecule has 19 heavy (non-hydrogen) atoms. The van der Waals surface area contributed by atoms with Crippen LogP contribution in [-0.2, 0) is 0 Å². The molecule has 0 radical (unpaired) electrons. The molecular weight excluding hydrogens is 240 g/mol. The summed E-state index contributed by atoms with van der Waals surface area (Å²) in [6.07, 6.45) is 2.34. The standard InChI is InChI=1S/C14H24N4O/c1-4-18-7-5-6-11(9-18)15-12-8-13(19)17-14(16-12)10(2)3/h8,10-11H,4-7,9H2,1-3H3,(H2,15,16,17,19). The van der Waals surface area contributed by atoms with Gasteiger partial charge in [-0.05, 0) is 25.9 Å². The van der Waals surface area contributed by atoms with E-state index >= 15 is 0 Å². The summed E-state index contributed by atoms with van der Waals surface area (Å²) >= 11 is 0. The molecule has 0 amide bonds. The van der Waals surface area contributed by atoms with Gasteiger partial charge >= 0.3 is 0 Å². The van der Waals surface area contributed by atoms with Gasteiger partial charge in [-0.1, -0.05) is 20.8 Å². The summed E-state index contributed by atoms with van der Waals surface area (Å²) in [6.45, 7) is 9.53. The van der Waals surface area contributed by atoms with E-state index in [1.54, 1.807) is 6.07 Å². The van der Waals surface area contributed by atoms with Crippen molar-refractivity contribution in [2.24, 2.45) is 0 Å². The number of rotatable bonds is 4. The summed E-state index contributed by atoms with van der Waals surface area (Å²) in [5.74, 6) is 1.68. The Morgan fingerprint density at radius 1 is 1.58 bits per heavy atom. The average Bonchev–Trinajstić information content (AvgIpc) is 2.38. The number of hydrogen-bond acceptors (Lipinski definition) is 4. The van der Waals surface area contributed by atoms with Crippen molar-refractivity contribution in [1.29, 1.82) is 0 Å². The Hall–Kier alpha value is -1.36. The Bertz CT molecular complexity index is 469. The maximum atomic E-state index is 11.6. The van der Waals surface area contributed by atoms with Gasteiger partial charge in [-0.15, -0.1) is 0 Å². The Labute approximate surface area is 114 Å². The second-order valence-corrected chi connectivity index (χ2v) is 5.55. The van der Waals surface area contributed by atoms with Crippen LogP contribution in [0, 0.1) is 0 Å². The molecule has 1 atom stereocenters. The van der Waals surface area contributed by atoms with Crippen LogP contribution >= 0.6 is 0 Å². The van der Waals surface area contributed by atoms with Crippen LogP contribution < -0.4 is 10.9 Å². The summed E-state index contributed by atoms with van der Waals surface area (Å²) in [5.41, 5.74) is -0.0793. The van der Waals surface area contributed by atoms with Gasteiger partial charge in [0.25, 0.3) is 5.56 Å². The van der Waals surface area contributed by atoms with Crippen LogP contribution in [0.2, 0.25) is 0 Å². The fourth-order valence-corrected chi connectivity index (χ4v) is 2.49. The van der Waals surface area contributed by atoms with Gasteiger partial charge in [0.2, 0.25) is 0 Å². The average molecular weight is 264 g/mol. The van der Waals surface area contributed by atoms with Crippen molar-refractivity contribution in [2.45, 2.75) is 45.6 Å². The van der Waals surface area contributed by atoms with E-state index < -0.39 is 0 Å². The monoisotopic (exact) mass is 264 g/mol. The number of likely N-dealkylation sites (tertiary alicyclic amines) is 1. The molecule has 106 valence electrons. The van der Waals surface area contributed by atoms with Crippen molar-refractivity contribution >= 4 is 5.82 Å². The first-order chi connectivity index (χ1) is 9.08. The van der Waals surface area contributed by atoms with Crippen LogP contribution in [0.4, 0.5) is 5.82 Å². The lowest BCUT2D eigenvalue weighted by Crippen LogP contribution is -2.42. The fourth-order valence-electron chi connectivity index (χ4n) is 2.49. The van der Waals surface area contributed by atoms with E-state index in [0.29, 0.717) is 11.9 Å². The predicted octanol–water partition coefficient (Wildman–Crippen LogP) is 1.79. The number of aromatic nitrogens is 2. The zero-order valence-corrected chi connectivity index (χ0v) is 12.1. The van der Waals surface area contributed by atoms with E-state index in [1.807, 2.05) is 13.8 Å². The molecular formula is C14H24N4O. The number of nitrogens with one attached hydrogen (secondary N) is 2. The van der Waals surface area contributed by atoms with Gasteiger partial charge in [0.1, 0.15) is 11.6 Å². The number of likely N-dealkylation sites (N-methyl/N-ethyl adjacent to an activating group) is 1. The van der Waals surface area contributed by atoms with Gasteiger partial charge in [0, 0.05) is 24.6 Å². The number of aromatic amines is 1. The molecule has 1 aromatic rings. The Morgan fingerprint density at radius 2 is 2.37 bits per heavy atom. The minimum Gasteiger partial charge on any atom is -0.366 e. The zero-order chi connectivity index (χ0) is 13.8. The highest BCUT2D eigenvalue weighted by Gasteiger charge is 2.19. The SMILES string of the molecule is CCN1CCCC(Nc2cc(=O)[nH]c(C(C)C)n2)C1. The highest BCUT2D eigenvalue weighted by molar-refractivity contribution is 5.35. The Kier molecular flexibility index (Phi) is 4.58. The third-order valence-electron chi connectivity index (χ3n) is 3.61. The van der Waals surface area contributed by atoms with Gasteiger partial charge in [0.15, 0.2) is 0 Å². The predicted molar refractivity (Wildman–Crippen MR) is 77.7 cm³/mol. The van der Waals surface area contributed by atoms with Gasteiger partial charge in [-0.25, -0.2) is 4.98 Å². The first-order valence-corrected chi connectivity index (χ1v) is 7.18. The Morgan fingerprint density at radius 3 is 3.05 bits per heavy atom. The maximum absolute atomic E-state index is 11.6. The first kappa shape index (κ1) is 14.1. The van der Waals surface area contributed by atoms with E-state index in [2.05, 4.69) is 27.1 Å². The largest absolute Gasteiger partial charge is 0.366 e. The van der Waals surface area contributed by atoms with Crippen molar-refractivity contribution in [3.63, 3.8) is 0 Å². The minimum atomic E-state index is -0.0793. The van der Waals surface area contributed by atoms with Crippen LogP contribution in [0.15, 0.2) is 10.9 Å². The quantitative estimate of drug-likeness (QED) is 0.870. The number of H-pyrrole nitrogens is 1. The normalized spacial score (nSPS) is 20.7. The molecule has 5 nitrogen and oxygen atoms in total. The van der Waals surface area contributed by atoms with Crippen LogP contribution in [-0.4, -0.2) is 40.5 Å². The molecule has 0 spiro atoms. The summed E-state index contributed by atoms with van der Waals surface area (Å²) in [5, 5.41) is 3.41. The molecule has 0 bridgehead atoms. The van der Waals surface area contributed by atoms with Crippen LogP contribution in [0.3, 0.4) is 0 Å². The zero-order valence-electron chi connectivity index (χ0n) is 12.1. The van der Waals surface area contributed by atoms with E-state index in [1.165, 1.54) is 13.0 Å². The molecule has 1 fully saturated rings. The van der Waals surface area contributed by atoms with Crippen LogP contribution in [0.5, 0.6) is 0 Å². The lowest BCUT2D eigenvalue weighted by atomic mass is 10.1. The molecule has 0 saturated carbocycles. The van der Waals surface area contributed by atoms with Gasteiger partial charge < -0.3 is 15.2 Å². The molecule has 0 aromatic carbocycles. The molecule has 5 heteroatoms. The molecule has 1 saturated heterocycles. The summed E-state index contributed by atoms with van der Waals surface area (Å²) in [6, 6.07) is 1.94. The van der Waals surface area contributed by atoms with E-state index in [4.69, 9.17) is 0 Å². The molecule has 0 aliphatic carbocycles. The number of anilines is 1. The molecule has 1 aliphatic heterocycles. The fraction of sp³-hybridized carbons (Fsp3) is 0.714. The number of piperidine rings is 1. The summed E-state index contributed by atoms with van der Waals surface area (Å²) in [4.78, 5) is 21.3. The third kappa shape index (κ3) is 3.80. The van der Waals surface area contributed by atoms with Crippen molar-refractivity contribution in [3.8, 4) is 0 Å². The Balaban J connectivity index is 2.08. The van der Waals surface area contributed by atoms with E-state index in [0.717, 1.165) is 25.3 Å². The molecule has 2 heterocycles. The topological polar surface area (TPSA) is 61.0 Å². The van der Waals surface area contributed by atoms with Crippen LogP contribution in [0.25, 0.3) is 0 Å².